The second-order valence-corrected chi connectivity index (χ2v) is 8.81. The molecule has 0 amide bonds. The zero-order valence-electron chi connectivity index (χ0n) is 18.2. The topological polar surface area (TPSA) is 0 Å². The summed E-state index contributed by atoms with van der Waals surface area (Å²) in [4.78, 5) is 0. The molecule has 0 aliphatic heterocycles. The summed E-state index contributed by atoms with van der Waals surface area (Å²) in [6.07, 6.45) is 0.919. The third-order valence-corrected chi connectivity index (χ3v) is 7.04. The van der Waals surface area contributed by atoms with Gasteiger partial charge in [0, 0.05) is 0 Å². The van der Waals surface area contributed by atoms with E-state index >= 15 is 0 Å². The SMILES string of the molecule is [c]1cccc2c1Cc1c(-c3cccc4ccccc34)ccc(-c3cccc4ccccc34)c1-2. The van der Waals surface area contributed by atoms with E-state index in [0.29, 0.717) is 0 Å². The van der Waals surface area contributed by atoms with Gasteiger partial charge < -0.3 is 0 Å². The highest BCUT2D eigenvalue weighted by molar-refractivity contribution is 6.05. The molecule has 0 heteroatoms. The van der Waals surface area contributed by atoms with Crippen molar-refractivity contribution >= 4 is 21.5 Å². The van der Waals surface area contributed by atoms with Crippen molar-refractivity contribution in [2.45, 2.75) is 6.42 Å². The fourth-order valence-electron chi connectivity index (χ4n) is 5.57. The first-order chi connectivity index (χ1) is 16.4. The van der Waals surface area contributed by atoms with Gasteiger partial charge >= 0.3 is 0 Å². The number of hydrogen-bond acceptors (Lipinski definition) is 0. The Labute approximate surface area is 193 Å². The van der Waals surface area contributed by atoms with Gasteiger partial charge in [0.15, 0.2) is 0 Å². The maximum Gasteiger partial charge on any atom is -0.0000883 e. The summed E-state index contributed by atoms with van der Waals surface area (Å²) in [7, 11) is 0. The summed E-state index contributed by atoms with van der Waals surface area (Å²) in [5.74, 6) is 0. The van der Waals surface area contributed by atoms with Crippen LogP contribution in [0.4, 0.5) is 0 Å². The molecule has 0 nitrogen and oxygen atoms in total. The monoisotopic (exact) mass is 417 g/mol. The fraction of sp³-hybridized carbons (Fsp3) is 0.0303. The highest BCUT2D eigenvalue weighted by Gasteiger charge is 2.26. The molecule has 6 aromatic carbocycles. The van der Waals surface area contributed by atoms with E-state index in [2.05, 4.69) is 115 Å². The molecule has 0 saturated heterocycles. The first-order valence-corrected chi connectivity index (χ1v) is 11.5. The Bertz CT molecular complexity index is 1680. The zero-order valence-corrected chi connectivity index (χ0v) is 18.2. The Hall–Kier alpha value is -4.16. The van der Waals surface area contributed by atoms with Crippen LogP contribution in [0, 0.1) is 6.07 Å². The minimum atomic E-state index is 0.919. The molecule has 1 aliphatic rings. The summed E-state index contributed by atoms with van der Waals surface area (Å²) in [5, 5.41) is 5.16. The molecule has 153 valence electrons. The molecular weight excluding hydrogens is 396 g/mol. The van der Waals surface area contributed by atoms with Crippen molar-refractivity contribution in [3.8, 4) is 33.4 Å². The van der Waals surface area contributed by atoms with Gasteiger partial charge in [0.2, 0.25) is 0 Å². The quantitative estimate of drug-likeness (QED) is 0.264. The second kappa shape index (κ2) is 7.18. The van der Waals surface area contributed by atoms with Crippen LogP contribution in [-0.4, -0.2) is 0 Å². The average molecular weight is 418 g/mol. The van der Waals surface area contributed by atoms with Crippen molar-refractivity contribution in [2.75, 3.05) is 0 Å². The Morgan fingerprint density at radius 3 is 1.76 bits per heavy atom. The first kappa shape index (κ1) is 18.4. The van der Waals surface area contributed by atoms with Gasteiger partial charge in [0.1, 0.15) is 0 Å². The van der Waals surface area contributed by atoms with E-state index in [1.807, 2.05) is 6.07 Å². The second-order valence-electron chi connectivity index (χ2n) is 8.81. The van der Waals surface area contributed by atoms with Gasteiger partial charge in [-0.25, -0.2) is 0 Å². The molecule has 6 aromatic rings. The minimum Gasteiger partial charge on any atom is -0.0616 e. The molecule has 0 fully saturated rings. The van der Waals surface area contributed by atoms with Gasteiger partial charge in [-0.05, 0) is 78.5 Å². The number of benzene rings is 6. The van der Waals surface area contributed by atoms with Crippen molar-refractivity contribution in [1.82, 2.24) is 0 Å². The van der Waals surface area contributed by atoms with Gasteiger partial charge in [-0.1, -0.05) is 115 Å². The van der Waals surface area contributed by atoms with E-state index in [-0.39, 0.29) is 0 Å². The highest BCUT2D eigenvalue weighted by Crippen LogP contribution is 2.48. The van der Waals surface area contributed by atoms with E-state index in [4.69, 9.17) is 0 Å². The molecule has 0 aromatic heterocycles. The molecule has 0 bridgehead atoms. The van der Waals surface area contributed by atoms with E-state index in [1.165, 1.54) is 66.1 Å². The molecule has 0 spiro atoms. The zero-order chi connectivity index (χ0) is 21.8. The van der Waals surface area contributed by atoms with Crippen LogP contribution in [0.25, 0.3) is 54.9 Å². The van der Waals surface area contributed by atoms with E-state index in [1.54, 1.807) is 0 Å². The van der Waals surface area contributed by atoms with Crippen molar-refractivity contribution in [1.29, 1.82) is 0 Å². The van der Waals surface area contributed by atoms with Crippen LogP contribution in [0.5, 0.6) is 0 Å². The minimum absolute atomic E-state index is 0.919. The number of hydrogen-bond donors (Lipinski definition) is 0. The van der Waals surface area contributed by atoms with Gasteiger partial charge in [-0.2, -0.15) is 0 Å². The Morgan fingerprint density at radius 1 is 0.455 bits per heavy atom. The van der Waals surface area contributed by atoms with Gasteiger partial charge in [-0.15, -0.1) is 0 Å². The number of fused-ring (bicyclic) bond motifs is 5. The Balaban J connectivity index is 1.57. The predicted octanol–water partition coefficient (Wildman–Crippen LogP) is 8.70. The summed E-state index contributed by atoms with van der Waals surface area (Å²) in [6.45, 7) is 0. The third kappa shape index (κ3) is 2.78. The Morgan fingerprint density at radius 2 is 1.03 bits per heavy atom. The first-order valence-electron chi connectivity index (χ1n) is 11.5. The van der Waals surface area contributed by atoms with Crippen LogP contribution in [0.15, 0.2) is 115 Å². The van der Waals surface area contributed by atoms with Gasteiger partial charge in [0.25, 0.3) is 0 Å². The van der Waals surface area contributed by atoms with Crippen LogP contribution < -0.4 is 0 Å². The molecule has 7 rings (SSSR count). The van der Waals surface area contributed by atoms with Crippen molar-refractivity contribution in [2.24, 2.45) is 0 Å². The molecule has 0 atom stereocenters. The van der Waals surface area contributed by atoms with E-state index in [9.17, 15) is 0 Å². The fourth-order valence-corrected chi connectivity index (χ4v) is 5.57. The maximum atomic E-state index is 3.53. The smallest absolute Gasteiger partial charge is 0.0000883 e. The van der Waals surface area contributed by atoms with Crippen LogP contribution in [0.1, 0.15) is 11.1 Å². The van der Waals surface area contributed by atoms with E-state index < -0.39 is 0 Å². The molecule has 33 heavy (non-hydrogen) atoms. The molecule has 0 heterocycles. The van der Waals surface area contributed by atoms with Gasteiger partial charge in [-0.3, -0.25) is 0 Å². The van der Waals surface area contributed by atoms with Crippen LogP contribution in [0.3, 0.4) is 0 Å². The maximum absolute atomic E-state index is 3.53. The highest BCUT2D eigenvalue weighted by atomic mass is 14.3. The largest absolute Gasteiger partial charge is 0.0616 e. The van der Waals surface area contributed by atoms with E-state index in [0.717, 1.165) is 6.42 Å². The third-order valence-electron chi connectivity index (χ3n) is 7.04. The van der Waals surface area contributed by atoms with Crippen LogP contribution in [0.2, 0.25) is 0 Å². The van der Waals surface area contributed by atoms with Crippen molar-refractivity contribution < 1.29 is 0 Å². The standard InChI is InChI=1S/C33H21/c1-4-14-25-22(9-1)12-7-17-28(25)30-19-20-31(29-18-8-13-23-10-2-5-15-26(23)29)33-27-16-6-3-11-24(27)21-32(30)33/h1-10,12-20H,21H2. The molecule has 0 unspecified atom stereocenters. The molecule has 0 N–H and O–H groups in total. The summed E-state index contributed by atoms with van der Waals surface area (Å²) in [5.41, 5.74) is 10.6. The predicted molar refractivity (Wildman–Crippen MR) is 139 cm³/mol. The van der Waals surface area contributed by atoms with Crippen LogP contribution >= 0.6 is 0 Å². The summed E-state index contributed by atoms with van der Waals surface area (Å²) in [6, 6.07) is 45.3. The molecular formula is C33H21. The van der Waals surface area contributed by atoms with Crippen LogP contribution in [-0.2, 0) is 6.42 Å². The van der Waals surface area contributed by atoms with Crippen molar-refractivity contribution in [3.05, 3.63) is 132 Å². The molecule has 1 radical (unpaired) electrons. The summed E-state index contributed by atoms with van der Waals surface area (Å²) < 4.78 is 0. The van der Waals surface area contributed by atoms with Gasteiger partial charge in [0.05, 0.1) is 0 Å². The lowest BCUT2D eigenvalue weighted by Crippen LogP contribution is -1.93. The molecule has 0 saturated carbocycles. The normalized spacial score (nSPS) is 12.1. The number of rotatable bonds is 2. The molecule has 1 aliphatic carbocycles. The lowest BCUT2D eigenvalue weighted by atomic mass is 9.86. The average Bonchev–Trinajstić information content (AvgIpc) is 3.27. The lowest BCUT2D eigenvalue weighted by molar-refractivity contribution is 1.26. The lowest BCUT2D eigenvalue weighted by Gasteiger charge is -2.17. The Kier molecular flexibility index (Phi) is 4.01. The van der Waals surface area contributed by atoms with Crippen molar-refractivity contribution in [3.63, 3.8) is 0 Å². The summed E-state index contributed by atoms with van der Waals surface area (Å²) >= 11 is 0.